The third-order valence-electron chi connectivity index (χ3n) is 6.72. The number of aromatic nitrogens is 3. The summed E-state index contributed by atoms with van der Waals surface area (Å²) in [5.74, 6) is 1.41. The highest BCUT2D eigenvalue weighted by atomic mass is 32.1. The molecule has 2 aromatic heterocycles. The Labute approximate surface area is 229 Å². The van der Waals surface area contributed by atoms with Crippen molar-refractivity contribution in [2.24, 2.45) is 0 Å². The molecule has 1 aliphatic heterocycles. The highest BCUT2D eigenvalue weighted by Gasteiger charge is 2.30. The van der Waals surface area contributed by atoms with Crippen molar-refractivity contribution in [3.05, 3.63) is 70.2 Å². The molecular formula is C28H29N5O5S. The van der Waals surface area contributed by atoms with Gasteiger partial charge in [-0.05, 0) is 30.5 Å². The van der Waals surface area contributed by atoms with Crippen LogP contribution in [0.5, 0.6) is 17.2 Å². The fourth-order valence-corrected chi connectivity index (χ4v) is 5.65. The van der Waals surface area contributed by atoms with Gasteiger partial charge >= 0.3 is 0 Å². The van der Waals surface area contributed by atoms with E-state index in [1.54, 1.807) is 23.6 Å². The van der Waals surface area contributed by atoms with Crippen molar-refractivity contribution >= 4 is 29.0 Å². The van der Waals surface area contributed by atoms with E-state index in [2.05, 4.69) is 20.5 Å². The molecule has 0 atom stereocenters. The molecule has 1 saturated heterocycles. The Balaban J connectivity index is 1.20. The number of anilines is 1. The van der Waals surface area contributed by atoms with Gasteiger partial charge in [-0.2, -0.15) is 5.10 Å². The lowest BCUT2D eigenvalue weighted by molar-refractivity contribution is 0.0708. The molecular weight excluding hydrogens is 518 g/mol. The minimum Gasteiger partial charge on any atom is -0.493 e. The summed E-state index contributed by atoms with van der Waals surface area (Å²) in [5, 5.41) is 12.6. The first-order chi connectivity index (χ1) is 19.0. The number of carbonyl (C=O) groups excluding carboxylic acids is 2. The number of piperidine rings is 1. The lowest BCUT2D eigenvalue weighted by Crippen LogP contribution is -2.38. The van der Waals surface area contributed by atoms with Crippen LogP contribution in [0, 0.1) is 0 Å². The maximum absolute atomic E-state index is 13.3. The molecule has 4 aromatic rings. The number of amides is 2. The van der Waals surface area contributed by atoms with Crippen molar-refractivity contribution < 1.29 is 23.8 Å². The van der Waals surface area contributed by atoms with E-state index in [4.69, 9.17) is 14.2 Å². The average Bonchev–Trinajstić information content (AvgIpc) is 3.67. The molecule has 39 heavy (non-hydrogen) atoms. The minimum absolute atomic E-state index is 0.126. The predicted octanol–water partition coefficient (Wildman–Crippen LogP) is 4.83. The molecule has 0 radical (unpaired) electrons. The quantitative estimate of drug-likeness (QED) is 0.324. The van der Waals surface area contributed by atoms with Crippen LogP contribution in [-0.2, 0) is 0 Å². The van der Waals surface area contributed by atoms with E-state index < -0.39 is 0 Å². The summed E-state index contributed by atoms with van der Waals surface area (Å²) in [6.07, 6.45) is 1.49. The highest BCUT2D eigenvalue weighted by molar-refractivity contribution is 7.10. The molecule has 0 spiro atoms. The van der Waals surface area contributed by atoms with Gasteiger partial charge in [0.15, 0.2) is 17.3 Å². The monoisotopic (exact) mass is 547 g/mol. The SMILES string of the molecule is COc1ccc(C(=O)N2CCC(c3nc(C(=O)Nc4cc(-c5ccccc5)[nH]n4)cs3)CC2)c(OC)c1OC. The fourth-order valence-electron chi connectivity index (χ4n) is 4.68. The number of likely N-dealkylation sites (tertiary alicyclic amines) is 1. The number of methoxy groups -OCH3 is 3. The first-order valence-electron chi connectivity index (χ1n) is 12.5. The van der Waals surface area contributed by atoms with E-state index in [-0.39, 0.29) is 17.7 Å². The van der Waals surface area contributed by atoms with Crippen molar-refractivity contribution in [1.29, 1.82) is 0 Å². The molecule has 1 fully saturated rings. The summed E-state index contributed by atoms with van der Waals surface area (Å²) in [6, 6.07) is 15.0. The average molecular weight is 548 g/mol. The zero-order valence-corrected chi connectivity index (χ0v) is 22.7. The zero-order valence-electron chi connectivity index (χ0n) is 21.9. The maximum Gasteiger partial charge on any atom is 0.276 e. The standard InChI is InChI=1S/C28H29N5O5S/c1-36-22-10-9-19(24(37-2)25(22)38-3)28(35)33-13-11-18(12-14-33)27-29-21(16-39-27)26(34)30-23-15-20(31-32-23)17-7-5-4-6-8-17/h4-10,15-16,18H,11-14H2,1-3H3,(H2,30,31,32,34). The highest BCUT2D eigenvalue weighted by Crippen LogP contribution is 2.41. The van der Waals surface area contributed by atoms with Gasteiger partial charge in [-0.15, -0.1) is 11.3 Å². The predicted molar refractivity (Wildman–Crippen MR) is 148 cm³/mol. The van der Waals surface area contributed by atoms with Gasteiger partial charge in [0.1, 0.15) is 5.69 Å². The molecule has 2 amide bonds. The van der Waals surface area contributed by atoms with Crippen LogP contribution >= 0.6 is 11.3 Å². The van der Waals surface area contributed by atoms with Crippen LogP contribution in [0.3, 0.4) is 0 Å². The molecule has 1 aliphatic rings. The number of hydrogen-bond acceptors (Lipinski definition) is 8. The second kappa shape index (κ2) is 11.6. The van der Waals surface area contributed by atoms with Crippen LogP contribution < -0.4 is 19.5 Å². The summed E-state index contributed by atoms with van der Waals surface area (Å²) in [6.45, 7) is 1.13. The maximum atomic E-state index is 13.3. The Hall–Kier alpha value is -4.38. The van der Waals surface area contributed by atoms with Crippen LogP contribution in [0.2, 0.25) is 0 Å². The number of nitrogens with zero attached hydrogens (tertiary/aromatic N) is 3. The number of benzene rings is 2. The third kappa shape index (κ3) is 5.44. The number of ether oxygens (including phenoxy) is 3. The van der Waals surface area contributed by atoms with Gasteiger partial charge in [-0.25, -0.2) is 4.98 Å². The molecule has 0 saturated carbocycles. The van der Waals surface area contributed by atoms with Crippen LogP contribution in [0.25, 0.3) is 11.3 Å². The van der Waals surface area contributed by atoms with Gasteiger partial charge in [-0.3, -0.25) is 14.7 Å². The summed E-state index contributed by atoms with van der Waals surface area (Å²) in [5.41, 5.74) is 2.58. The smallest absolute Gasteiger partial charge is 0.276 e. The van der Waals surface area contributed by atoms with Crippen LogP contribution in [0.4, 0.5) is 5.82 Å². The van der Waals surface area contributed by atoms with Crippen molar-refractivity contribution in [1.82, 2.24) is 20.1 Å². The first-order valence-corrected chi connectivity index (χ1v) is 13.4. The van der Waals surface area contributed by atoms with Gasteiger partial charge in [-0.1, -0.05) is 30.3 Å². The van der Waals surface area contributed by atoms with Crippen LogP contribution in [0.15, 0.2) is 53.9 Å². The number of hydrogen-bond donors (Lipinski definition) is 2. The second-order valence-electron chi connectivity index (χ2n) is 9.01. The Morgan fingerprint density at radius 3 is 2.44 bits per heavy atom. The molecule has 2 aromatic carbocycles. The number of rotatable bonds is 8. The molecule has 5 rings (SSSR count). The number of aromatic amines is 1. The Morgan fingerprint density at radius 2 is 1.74 bits per heavy atom. The van der Waals surface area contributed by atoms with E-state index >= 15 is 0 Å². The van der Waals surface area contributed by atoms with Gasteiger partial charge in [0.05, 0.1) is 37.6 Å². The number of carbonyl (C=O) groups is 2. The summed E-state index contributed by atoms with van der Waals surface area (Å²) < 4.78 is 16.2. The summed E-state index contributed by atoms with van der Waals surface area (Å²) in [4.78, 5) is 32.5. The normalized spacial score (nSPS) is 13.7. The second-order valence-corrected chi connectivity index (χ2v) is 9.90. The zero-order chi connectivity index (χ0) is 27.4. The Bertz CT molecular complexity index is 1460. The Kier molecular flexibility index (Phi) is 7.78. The molecule has 0 aliphatic carbocycles. The fraction of sp³-hybridized carbons (Fsp3) is 0.286. The topological polar surface area (TPSA) is 119 Å². The summed E-state index contributed by atoms with van der Waals surface area (Å²) in [7, 11) is 4.56. The molecule has 10 nitrogen and oxygen atoms in total. The van der Waals surface area contributed by atoms with Crippen molar-refractivity contribution in [3.8, 4) is 28.5 Å². The van der Waals surface area contributed by atoms with E-state index in [9.17, 15) is 9.59 Å². The van der Waals surface area contributed by atoms with Gasteiger partial charge < -0.3 is 24.4 Å². The molecule has 3 heterocycles. The van der Waals surface area contributed by atoms with Gasteiger partial charge in [0.25, 0.3) is 11.8 Å². The van der Waals surface area contributed by atoms with E-state index in [0.717, 1.165) is 29.1 Å². The molecule has 0 unspecified atom stereocenters. The molecule has 202 valence electrons. The van der Waals surface area contributed by atoms with Crippen LogP contribution in [-0.4, -0.2) is 66.3 Å². The van der Waals surface area contributed by atoms with E-state index in [1.165, 1.54) is 32.7 Å². The molecule has 0 bridgehead atoms. The largest absolute Gasteiger partial charge is 0.493 e. The van der Waals surface area contributed by atoms with Gasteiger partial charge in [0, 0.05) is 30.5 Å². The van der Waals surface area contributed by atoms with Gasteiger partial charge in [0.2, 0.25) is 5.75 Å². The molecule has 11 heteroatoms. The number of nitrogens with one attached hydrogen (secondary N) is 2. The lowest BCUT2D eigenvalue weighted by Gasteiger charge is -2.31. The number of H-pyrrole nitrogens is 1. The van der Waals surface area contributed by atoms with Crippen LogP contribution in [0.1, 0.15) is 44.6 Å². The molecule has 2 N–H and O–H groups in total. The third-order valence-corrected chi connectivity index (χ3v) is 7.73. The first kappa shape index (κ1) is 26.2. The lowest BCUT2D eigenvalue weighted by atomic mass is 9.97. The summed E-state index contributed by atoms with van der Waals surface area (Å²) >= 11 is 1.46. The number of thiazole rings is 1. The minimum atomic E-state index is -0.309. The Morgan fingerprint density at radius 1 is 1.00 bits per heavy atom. The van der Waals surface area contributed by atoms with Crippen molar-refractivity contribution in [2.75, 3.05) is 39.7 Å². The van der Waals surface area contributed by atoms with E-state index in [1.807, 2.05) is 35.2 Å². The van der Waals surface area contributed by atoms with E-state index in [0.29, 0.717) is 47.4 Å². The van der Waals surface area contributed by atoms with Crippen molar-refractivity contribution in [2.45, 2.75) is 18.8 Å². The van der Waals surface area contributed by atoms with Crippen molar-refractivity contribution in [3.63, 3.8) is 0 Å².